The van der Waals surface area contributed by atoms with Gasteiger partial charge in [-0.25, -0.2) is 0 Å². The van der Waals surface area contributed by atoms with E-state index in [0.29, 0.717) is 39.8 Å². The Labute approximate surface area is 212 Å². The number of nitrogens with one attached hydrogen (secondary N) is 2. The molecule has 2 unspecified atom stereocenters. The summed E-state index contributed by atoms with van der Waals surface area (Å²) in [5, 5.41) is 7.44. The number of amides is 2. The standard InChI is InChI=1S/C27H36ClN3O2S/c1-17-7-5-6-14-31(17)16-23(32)30-26-24(25(33)29-20-11-9-19(28)10-12-20)21-13-8-18(27(2,3)4)15-22(21)34-26/h9-12,17-18H,5-8,13-16H2,1-4H3,(H,29,33)(H,30,32). The molecule has 5 nitrogen and oxygen atoms in total. The number of nitrogens with zero attached hydrogens (tertiary/aromatic N) is 1. The Balaban J connectivity index is 1.59. The predicted molar refractivity (Wildman–Crippen MR) is 142 cm³/mol. The van der Waals surface area contributed by atoms with Gasteiger partial charge in [-0.2, -0.15) is 0 Å². The van der Waals surface area contributed by atoms with Crippen molar-refractivity contribution in [2.45, 2.75) is 72.3 Å². The van der Waals surface area contributed by atoms with Gasteiger partial charge in [-0.05, 0) is 86.7 Å². The van der Waals surface area contributed by atoms with Gasteiger partial charge in [0.25, 0.3) is 5.91 Å². The van der Waals surface area contributed by atoms with Gasteiger partial charge in [-0.1, -0.05) is 38.8 Å². The molecule has 1 aliphatic carbocycles. The summed E-state index contributed by atoms with van der Waals surface area (Å²) in [6.45, 7) is 10.4. The number of anilines is 2. The maximum absolute atomic E-state index is 13.5. The van der Waals surface area contributed by atoms with Crippen LogP contribution in [0.5, 0.6) is 0 Å². The molecule has 1 saturated heterocycles. The van der Waals surface area contributed by atoms with Crippen LogP contribution < -0.4 is 10.6 Å². The highest BCUT2D eigenvalue weighted by atomic mass is 35.5. The van der Waals surface area contributed by atoms with E-state index in [1.165, 1.54) is 11.3 Å². The lowest BCUT2D eigenvalue weighted by atomic mass is 9.72. The van der Waals surface area contributed by atoms with Crippen LogP contribution in [0.3, 0.4) is 0 Å². The number of rotatable bonds is 5. The van der Waals surface area contributed by atoms with Gasteiger partial charge in [0.1, 0.15) is 5.00 Å². The van der Waals surface area contributed by atoms with Crippen molar-refractivity contribution in [3.63, 3.8) is 0 Å². The van der Waals surface area contributed by atoms with E-state index in [9.17, 15) is 9.59 Å². The average molecular weight is 502 g/mol. The number of piperidine rings is 1. The van der Waals surface area contributed by atoms with Crippen molar-refractivity contribution in [3.05, 3.63) is 45.3 Å². The number of likely N-dealkylation sites (tertiary alicyclic amines) is 1. The van der Waals surface area contributed by atoms with Crippen LogP contribution in [0.1, 0.15) is 74.2 Å². The zero-order chi connectivity index (χ0) is 24.5. The first-order chi connectivity index (χ1) is 16.1. The van der Waals surface area contributed by atoms with Gasteiger partial charge < -0.3 is 10.6 Å². The number of fused-ring (bicyclic) bond motifs is 1. The first-order valence-corrected chi connectivity index (χ1v) is 13.6. The summed E-state index contributed by atoms with van der Waals surface area (Å²) in [5.74, 6) is 0.347. The topological polar surface area (TPSA) is 61.4 Å². The molecule has 1 aromatic carbocycles. The van der Waals surface area contributed by atoms with E-state index in [2.05, 4.69) is 43.2 Å². The normalized spacial score (nSPS) is 21.1. The monoisotopic (exact) mass is 501 g/mol. The molecule has 2 heterocycles. The van der Waals surface area contributed by atoms with Crippen LogP contribution in [0.15, 0.2) is 24.3 Å². The van der Waals surface area contributed by atoms with Crippen molar-refractivity contribution >= 4 is 45.4 Å². The molecule has 184 valence electrons. The summed E-state index contributed by atoms with van der Waals surface area (Å²) in [5.41, 5.74) is 2.62. The zero-order valence-corrected chi connectivity index (χ0v) is 22.2. The summed E-state index contributed by atoms with van der Waals surface area (Å²) in [7, 11) is 0. The molecule has 2 N–H and O–H groups in total. The van der Waals surface area contributed by atoms with E-state index in [4.69, 9.17) is 11.6 Å². The van der Waals surface area contributed by atoms with Crippen molar-refractivity contribution in [2.24, 2.45) is 11.3 Å². The lowest BCUT2D eigenvalue weighted by Crippen LogP contribution is -2.42. The number of carbonyl (C=O) groups is 2. The average Bonchev–Trinajstić information content (AvgIpc) is 3.13. The largest absolute Gasteiger partial charge is 0.322 e. The highest BCUT2D eigenvalue weighted by molar-refractivity contribution is 7.17. The van der Waals surface area contributed by atoms with Crippen molar-refractivity contribution in [3.8, 4) is 0 Å². The van der Waals surface area contributed by atoms with Crippen molar-refractivity contribution in [1.29, 1.82) is 0 Å². The molecule has 2 aliphatic rings. The van der Waals surface area contributed by atoms with Crippen LogP contribution in [-0.2, 0) is 17.6 Å². The molecule has 34 heavy (non-hydrogen) atoms. The van der Waals surface area contributed by atoms with Crippen molar-refractivity contribution in [2.75, 3.05) is 23.7 Å². The molecule has 7 heteroatoms. The highest BCUT2D eigenvalue weighted by Gasteiger charge is 2.34. The molecule has 1 aromatic heterocycles. The number of hydrogen-bond acceptors (Lipinski definition) is 4. The molecule has 1 aliphatic heterocycles. The Kier molecular flexibility index (Phi) is 7.70. The fourth-order valence-electron chi connectivity index (χ4n) is 5.12. The minimum atomic E-state index is -0.171. The lowest BCUT2D eigenvalue weighted by Gasteiger charge is -2.33. The quantitative estimate of drug-likeness (QED) is 0.484. The molecule has 0 spiro atoms. The Morgan fingerprint density at radius 3 is 2.53 bits per heavy atom. The van der Waals surface area contributed by atoms with E-state index < -0.39 is 0 Å². The van der Waals surface area contributed by atoms with Gasteiger partial charge in [-0.3, -0.25) is 14.5 Å². The maximum atomic E-state index is 13.5. The third-order valence-electron chi connectivity index (χ3n) is 7.36. The Hall–Kier alpha value is -1.89. The lowest BCUT2D eigenvalue weighted by molar-refractivity contribution is -0.118. The Bertz CT molecular complexity index is 1040. The molecule has 2 amide bonds. The number of benzene rings is 1. The van der Waals surface area contributed by atoms with Gasteiger partial charge in [0, 0.05) is 21.6 Å². The highest BCUT2D eigenvalue weighted by Crippen LogP contribution is 2.44. The van der Waals surface area contributed by atoms with E-state index in [0.717, 1.165) is 44.2 Å². The van der Waals surface area contributed by atoms with Crippen LogP contribution in [0, 0.1) is 11.3 Å². The third-order valence-corrected chi connectivity index (χ3v) is 8.78. The fraction of sp³-hybridized carbons (Fsp3) is 0.556. The smallest absolute Gasteiger partial charge is 0.258 e. The van der Waals surface area contributed by atoms with Gasteiger partial charge in [0.2, 0.25) is 5.91 Å². The number of halogens is 1. The molecule has 0 radical (unpaired) electrons. The molecule has 4 rings (SSSR count). The van der Waals surface area contributed by atoms with E-state index >= 15 is 0 Å². The summed E-state index contributed by atoms with van der Waals surface area (Å²) in [6.07, 6.45) is 6.34. The number of carbonyl (C=O) groups excluding carboxylic acids is 2. The van der Waals surface area contributed by atoms with Gasteiger partial charge in [-0.15, -0.1) is 11.3 Å². The minimum absolute atomic E-state index is 0.0414. The molecular weight excluding hydrogens is 466 g/mol. The van der Waals surface area contributed by atoms with E-state index in [1.807, 2.05) is 0 Å². The zero-order valence-electron chi connectivity index (χ0n) is 20.7. The van der Waals surface area contributed by atoms with Crippen molar-refractivity contribution < 1.29 is 9.59 Å². The van der Waals surface area contributed by atoms with Crippen LogP contribution in [0.25, 0.3) is 0 Å². The first-order valence-electron chi connectivity index (χ1n) is 12.4. The van der Waals surface area contributed by atoms with Crippen molar-refractivity contribution in [1.82, 2.24) is 4.90 Å². The first kappa shape index (κ1) is 25.2. The fourth-order valence-corrected chi connectivity index (χ4v) is 6.59. The SMILES string of the molecule is CC1CCCCN1CC(=O)Nc1sc2c(c1C(=O)Nc1ccc(Cl)cc1)CCC(C(C)(C)C)C2. The van der Waals surface area contributed by atoms with E-state index in [-0.39, 0.29) is 17.2 Å². The van der Waals surface area contributed by atoms with Gasteiger partial charge in [0.15, 0.2) is 0 Å². The molecule has 0 bridgehead atoms. The van der Waals surface area contributed by atoms with Gasteiger partial charge in [0.05, 0.1) is 12.1 Å². The maximum Gasteiger partial charge on any atom is 0.258 e. The summed E-state index contributed by atoms with van der Waals surface area (Å²) in [4.78, 5) is 30.0. The minimum Gasteiger partial charge on any atom is -0.322 e. The molecule has 0 saturated carbocycles. The second kappa shape index (κ2) is 10.4. The predicted octanol–water partition coefficient (Wildman–Crippen LogP) is 6.62. The van der Waals surface area contributed by atoms with Gasteiger partial charge >= 0.3 is 0 Å². The molecule has 1 fully saturated rings. The summed E-state index contributed by atoms with van der Waals surface area (Å²) >= 11 is 7.59. The second-order valence-corrected chi connectivity index (χ2v) is 12.4. The Morgan fingerprint density at radius 1 is 1.12 bits per heavy atom. The Morgan fingerprint density at radius 2 is 1.85 bits per heavy atom. The van der Waals surface area contributed by atoms with Crippen LogP contribution in [0.2, 0.25) is 5.02 Å². The number of hydrogen-bond donors (Lipinski definition) is 2. The molecule has 2 aromatic rings. The molecule has 2 atom stereocenters. The van der Waals surface area contributed by atoms with Crippen LogP contribution in [0.4, 0.5) is 10.7 Å². The van der Waals surface area contributed by atoms with Crippen LogP contribution >= 0.6 is 22.9 Å². The molecular formula is C27H36ClN3O2S. The number of thiophene rings is 1. The summed E-state index contributed by atoms with van der Waals surface area (Å²) in [6, 6.07) is 7.53. The third kappa shape index (κ3) is 5.84. The van der Waals surface area contributed by atoms with Crippen LogP contribution in [-0.4, -0.2) is 35.8 Å². The van der Waals surface area contributed by atoms with E-state index in [1.54, 1.807) is 35.6 Å². The second-order valence-electron chi connectivity index (χ2n) is 10.8. The summed E-state index contributed by atoms with van der Waals surface area (Å²) < 4.78 is 0.